The Kier molecular flexibility index (Phi) is 12.3. The van der Waals surface area contributed by atoms with E-state index in [1.54, 1.807) is 0 Å². The van der Waals surface area contributed by atoms with Crippen LogP contribution in [0.25, 0.3) is 0 Å². The highest BCUT2D eigenvalue weighted by molar-refractivity contribution is 5.66. The van der Waals surface area contributed by atoms with Crippen LogP contribution in [-0.4, -0.2) is 12.1 Å². The van der Waals surface area contributed by atoms with Gasteiger partial charge in [0.15, 0.2) is 0 Å². The van der Waals surface area contributed by atoms with E-state index in [0.717, 1.165) is 38.5 Å². The van der Waals surface area contributed by atoms with Crippen LogP contribution < -0.4 is 0 Å². The van der Waals surface area contributed by atoms with E-state index >= 15 is 0 Å². The monoisotopic (exact) mass is 334 g/mol. The average Bonchev–Trinajstić information content (AvgIpc) is 2.43. The standard InChI is InChI=1S/C22H38O2/c1-17(2)10-8-12-19(5)14-15-22(24-21(7)23)16-20(6)13-9-11-18(3)4/h10-11,14,20,22H,8-9,12-13,15-16H2,1-7H3. The van der Waals surface area contributed by atoms with Crippen LogP contribution >= 0.6 is 0 Å². The lowest BCUT2D eigenvalue weighted by molar-refractivity contribution is -0.146. The van der Waals surface area contributed by atoms with Gasteiger partial charge in [-0.25, -0.2) is 0 Å². The molecule has 0 heterocycles. The summed E-state index contributed by atoms with van der Waals surface area (Å²) in [4.78, 5) is 11.4. The van der Waals surface area contributed by atoms with E-state index in [0.29, 0.717) is 5.92 Å². The van der Waals surface area contributed by atoms with Crippen molar-refractivity contribution in [2.24, 2.45) is 5.92 Å². The zero-order valence-corrected chi connectivity index (χ0v) is 16.9. The van der Waals surface area contributed by atoms with Crippen LogP contribution in [0.15, 0.2) is 34.9 Å². The molecule has 2 nitrogen and oxygen atoms in total. The van der Waals surface area contributed by atoms with E-state index in [2.05, 4.69) is 59.8 Å². The molecule has 0 aromatic heterocycles. The first kappa shape index (κ1) is 22.7. The molecule has 2 heteroatoms. The molecule has 0 saturated heterocycles. The fourth-order valence-electron chi connectivity index (χ4n) is 2.67. The third kappa shape index (κ3) is 14.3. The molecule has 0 aliphatic carbocycles. The predicted octanol–water partition coefficient (Wildman–Crippen LogP) is 6.77. The summed E-state index contributed by atoms with van der Waals surface area (Å²) in [5.74, 6) is 0.386. The van der Waals surface area contributed by atoms with Crippen LogP contribution in [0.2, 0.25) is 0 Å². The van der Waals surface area contributed by atoms with Gasteiger partial charge < -0.3 is 4.74 Å². The van der Waals surface area contributed by atoms with Crippen molar-refractivity contribution in [1.82, 2.24) is 0 Å². The van der Waals surface area contributed by atoms with Crippen molar-refractivity contribution in [3.63, 3.8) is 0 Å². The van der Waals surface area contributed by atoms with Gasteiger partial charge in [-0.15, -0.1) is 0 Å². The molecule has 0 N–H and O–H groups in total. The molecular weight excluding hydrogens is 296 g/mol. The molecule has 0 amide bonds. The molecule has 24 heavy (non-hydrogen) atoms. The van der Waals surface area contributed by atoms with E-state index in [4.69, 9.17) is 4.74 Å². The van der Waals surface area contributed by atoms with Crippen molar-refractivity contribution >= 4 is 5.97 Å². The van der Waals surface area contributed by atoms with E-state index in [9.17, 15) is 4.79 Å². The van der Waals surface area contributed by atoms with Crippen LogP contribution in [0.3, 0.4) is 0 Å². The molecule has 0 rings (SSSR count). The van der Waals surface area contributed by atoms with E-state index in [1.165, 1.54) is 23.6 Å². The molecule has 138 valence electrons. The van der Waals surface area contributed by atoms with Crippen molar-refractivity contribution in [1.29, 1.82) is 0 Å². The summed E-state index contributed by atoms with van der Waals surface area (Å²) in [6.45, 7) is 14.5. The molecule has 0 aliphatic heterocycles. The van der Waals surface area contributed by atoms with Gasteiger partial charge in [0, 0.05) is 13.3 Å². The van der Waals surface area contributed by atoms with E-state index in [-0.39, 0.29) is 12.1 Å². The fourth-order valence-corrected chi connectivity index (χ4v) is 2.67. The first-order valence-corrected chi connectivity index (χ1v) is 9.30. The fraction of sp³-hybridized carbons (Fsp3) is 0.682. The Hall–Kier alpha value is -1.31. The quantitative estimate of drug-likeness (QED) is 0.308. The van der Waals surface area contributed by atoms with Crippen LogP contribution in [0.1, 0.15) is 87.0 Å². The molecule has 0 fully saturated rings. The van der Waals surface area contributed by atoms with Crippen molar-refractivity contribution in [3.05, 3.63) is 34.9 Å². The Morgan fingerprint density at radius 3 is 2.04 bits per heavy atom. The van der Waals surface area contributed by atoms with Gasteiger partial charge in [-0.05, 0) is 72.6 Å². The van der Waals surface area contributed by atoms with Gasteiger partial charge in [0.25, 0.3) is 0 Å². The van der Waals surface area contributed by atoms with Gasteiger partial charge in [0.2, 0.25) is 0 Å². The molecule has 0 saturated carbocycles. The summed E-state index contributed by atoms with van der Waals surface area (Å²) >= 11 is 0. The zero-order valence-electron chi connectivity index (χ0n) is 16.9. The summed E-state index contributed by atoms with van der Waals surface area (Å²) in [6, 6.07) is 0. The summed E-state index contributed by atoms with van der Waals surface area (Å²) in [5.41, 5.74) is 4.11. The number of esters is 1. The predicted molar refractivity (Wildman–Crippen MR) is 105 cm³/mol. The van der Waals surface area contributed by atoms with E-state index < -0.39 is 0 Å². The lowest BCUT2D eigenvalue weighted by Gasteiger charge is -2.20. The Labute approximate surface area is 150 Å². The first-order chi connectivity index (χ1) is 11.2. The van der Waals surface area contributed by atoms with Gasteiger partial charge in [-0.2, -0.15) is 0 Å². The van der Waals surface area contributed by atoms with Gasteiger partial charge >= 0.3 is 5.97 Å². The number of carbonyl (C=O) groups excluding carboxylic acids is 1. The second kappa shape index (κ2) is 13.0. The van der Waals surface area contributed by atoms with Gasteiger partial charge in [-0.1, -0.05) is 41.9 Å². The van der Waals surface area contributed by atoms with Crippen LogP contribution in [-0.2, 0) is 9.53 Å². The summed E-state index contributed by atoms with van der Waals surface area (Å²) < 4.78 is 5.53. The molecule has 0 bridgehead atoms. The lowest BCUT2D eigenvalue weighted by atomic mass is 9.95. The second-order valence-electron chi connectivity index (χ2n) is 7.54. The Morgan fingerprint density at radius 1 is 0.917 bits per heavy atom. The molecule has 2 atom stereocenters. The van der Waals surface area contributed by atoms with Gasteiger partial charge in [0.1, 0.15) is 6.10 Å². The molecule has 0 aliphatic rings. The maximum atomic E-state index is 11.4. The number of carbonyl (C=O) groups is 1. The Morgan fingerprint density at radius 2 is 1.50 bits per heavy atom. The maximum Gasteiger partial charge on any atom is 0.302 e. The number of hydrogen-bond donors (Lipinski definition) is 0. The normalized spacial score (nSPS) is 13.9. The maximum absolute atomic E-state index is 11.4. The van der Waals surface area contributed by atoms with Gasteiger partial charge in [-0.3, -0.25) is 4.79 Å². The minimum absolute atomic E-state index is 0.00241. The third-order valence-electron chi connectivity index (χ3n) is 4.03. The Balaban J connectivity index is 4.46. The number of allylic oxidation sites excluding steroid dienone is 5. The highest BCUT2D eigenvalue weighted by Crippen LogP contribution is 2.20. The SMILES string of the molecule is CC(=O)OC(CC=C(C)CCC=C(C)C)CC(C)CCC=C(C)C. The molecule has 0 radical (unpaired) electrons. The van der Waals surface area contributed by atoms with Crippen LogP contribution in [0.5, 0.6) is 0 Å². The second-order valence-corrected chi connectivity index (χ2v) is 7.54. The Bertz CT molecular complexity index is 447. The molecule has 0 aromatic rings. The zero-order chi connectivity index (χ0) is 18.5. The van der Waals surface area contributed by atoms with Crippen molar-refractivity contribution in [2.45, 2.75) is 93.1 Å². The number of ether oxygens (including phenoxy) is 1. The first-order valence-electron chi connectivity index (χ1n) is 9.30. The topological polar surface area (TPSA) is 26.3 Å². The molecule has 2 unspecified atom stereocenters. The largest absolute Gasteiger partial charge is 0.462 e. The number of hydrogen-bond acceptors (Lipinski definition) is 2. The van der Waals surface area contributed by atoms with Crippen molar-refractivity contribution in [3.8, 4) is 0 Å². The van der Waals surface area contributed by atoms with Crippen molar-refractivity contribution in [2.75, 3.05) is 0 Å². The average molecular weight is 335 g/mol. The molecule has 0 aromatic carbocycles. The summed E-state index contributed by atoms with van der Waals surface area (Å²) in [6.07, 6.45) is 13.0. The summed E-state index contributed by atoms with van der Waals surface area (Å²) in [5, 5.41) is 0. The highest BCUT2D eigenvalue weighted by Gasteiger charge is 2.15. The molecular formula is C22H38O2. The van der Waals surface area contributed by atoms with Crippen molar-refractivity contribution < 1.29 is 9.53 Å². The lowest BCUT2D eigenvalue weighted by Crippen LogP contribution is -2.19. The van der Waals surface area contributed by atoms with Gasteiger partial charge in [0.05, 0.1) is 0 Å². The third-order valence-corrected chi connectivity index (χ3v) is 4.03. The smallest absolute Gasteiger partial charge is 0.302 e. The minimum Gasteiger partial charge on any atom is -0.462 e. The summed E-state index contributed by atoms with van der Waals surface area (Å²) in [7, 11) is 0. The number of rotatable bonds is 11. The van der Waals surface area contributed by atoms with E-state index in [1.807, 2.05) is 0 Å². The minimum atomic E-state index is -0.174. The van der Waals surface area contributed by atoms with Crippen LogP contribution in [0, 0.1) is 5.92 Å². The molecule has 0 spiro atoms. The van der Waals surface area contributed by atoms with Crippen LogP contribution in [0.4, 0.5) is 0 Å². The highest BCUT2D eigenvalue weighted by atomic mass is 16.5.